The first kappa shape index (κ1) is 14.3. The highest BCUT2D eigenvalue weighted by molar-refractivity contribution is 5.89. The van der Waals surface area contributed by atoms with Crippen LogP contribution < -0.4 is 10.6 Å². The fraction of sp³-hybridized carbons (Fsp3) is 0.846. The summed E-state index contributed by atoms with van der Waals surface area (Å²) >= 11 is 0. The summed E-state index contributed by atoms with van der Waals surface area (Å²) in [7, 11) is 1.64. The van der Waals surface area contributed by atoms with Crippen LogP contribution in [-0.2, 0) is 14.3 Å². The van der Waals surface area contributed by atoms with E-state index in [1.54, 1.807) is 7.11 Å². The van der Waals surface area contributed by atoms with Gasteiger partial charge >= 0.3 is 0 Å². The highest BCUT2D eigenvalue weighted by Crippen LogP contribution is 2.15. The van der Waals surface area contributed by atoms with Gasteiger partial charge in [-0.2, -0.15) is 0 Å². The summed E-state index contributed by atoms with van der Waals surface area (Å²) in [5, 5.41) is 6.12. The van der Waals surface area contributed by atoms with Crippen molar-refractivity contribution in [1.82, 2.24) is 15.5 Å². The van der Waals surface area contributed by atoms with E-state index in [0.29, 0.717) is 38.7 Å². The van der Waals surface area contributed by atoms with E-state index >= 15 is 0 Å². The molecule has 2 atom stereocenters. The molecule has 2 unspecified atom stereocenters. The van der Waals surface area contributed by atoms with Crippen LogP contribution in [0.3, 0.4) is 0 Å². The molecule has 0 bridgehead atoms. The van der Waals surface area contributed by atoms with Crippen LogP contribution in [0.2, 0.25) is 0 Å². The number of carbonyl (C=O) groups excluding carboxylic acids is 2. The maximum absolute atomic E-state index is 12.4. The molecule has 0 aromatic carbocycles. The second-order valence-corrected chi connectivity index (χ2v) is 5.28. The number of nitrogens with one attached hydrogen (secondary N) is 2. The average Bonchev–Trinajstić information content (AvgIpc) is 3.05. The molecular weight excluding hydrogens is 246 g/mol. The van der Waals surface area contributed by atoms with Crippen LogP contribution in [0.25, 0.3) is 0 Å². The van der Waals surface area contributed by atoms with Gasteiger partial charge in [0.05, 0.1) is 12.5 Å². The van der Waals surface area contributed by atoms with Crippen molar-refractivity contribution in [2.75, 3.05) is 39.9 Å². The third-order valence-corrected chi connectivity index (χ3v) is 3.81. The van der Waals surface area contributed by atoms with Crippen molar-refractivity contribution in [3.05, 3.63) is 0 Å². The summed E-state index contributed by atoms with van der Waals surface area (Å²) in [6.45, 7) is 3.34. The van der Waals surface area contributed by atoms with Crippen LogP contribution in [0, 0.1) is 5.92 Å². The van der Waals surface area contributed by atoms with E-state index < -0.39 is 0 Å². The van der Waals surface area contributed by atoms with Crippen LogP contribution in [0.15, 0.2) is 0 Å². The Morgan fingerprint density at radius 2 is 2.37 bits per heavy atom. The molecule has 0 spiro atoms. The van der Waals surface area contributed by atoms with E-state index in [-0.39, 0.29) is 17.7 Å². The van der Waals surface area contributed by atoms with Gasteiger partial charge in [0.25, 0.3) is 0 Å². The Morgan fingerprint density at radius 3 is 2.95 bits per heavy atom. The number of nitrogens with zero attached hydrogens (tertiary/aromatic N) is 1. The molecule has 0 saturated carbocycles. The molecule has 2 heterocycles. The molecule has 2 rings (SSSR count). The maximum Gasteiger partial charge on any atom is 0.228 e. The highest BCUT2D eigenvalue weighted by atomic mass is 16.5. The molecule has 0 aromatic rings. The highest BCUT2D eigenvalue weighted by Gasteiger charge is 2.32. The lowest BCUT2D eigenvalue weighted by Gasteiger charge is -2.27. The first-order valence-electron chi connectivity index (χ1n) is 6.98. The lowest BCUT2D eigenvalue weighted by Crippen LogP contribution is -2.45. The van der Waals surface area contributed by atoms with Gasteiger partial charge in [-0.15, -0.1) is 0 Å². The minimum absolute atomic E-state index is 0.0240. The van der Waals surface area contributed by atoms with Gasteiger partial charge < -0.3 is 20.3 Å². The van der Waals surface area contributed by atoms with Crippen molar-refractivity contribution >= 4 is 11.8 Å². The molecule has 2 saturated heterocycles. The van der Waals surface area contributed by atoms with Gasteiger partial charge in [0, 0.05) is 39.2 Å². The molecule has 0 radical (unpaired) electrons. The van der Waals surface area contributed by atoms with Crippen molar-refractivity contribution in [1.29, 1.82) is 0 Å². The summed E-state index contributed by atoms with van der Waals surface area (Å²) < 4.78 is 5.07. The first-order valence-corrected chi connectivity index (χ1v) is 6.98. The zero-order chi connectivity index (χ0) is 13.7. The second-order valence-electron chi connectivity index (χ2n) is 5.28. The third-order valence-electron chi connectivity index (χ3n) is 3.81. The largest absolute Gasteiger partial charge is 0.383 e. The van der Waals surface area contributed by atoms with E-state index in [1.165, 1.54) is 6.42 Å². The molecule has 0 aromatic heterocycles. The molecule has 2 N–H and O–H groups in total. The summed E-state index contributed by atoms with van der Waals surface area (Å²) in [6, 6.07) is 0.380. The molecule has 0 aliphatic carbocycles. The lowest BCUT2D eigenvalue weighted by atomic mass is 10.1. The predicted octanol–water partition coefficient (Wildman–Crippen LogP) is -0.650. The normalized spacial score (nSPS) is 26.5. The molecule has 2 aliphatic rings. The van der Waals surface area contributed by atoms with Crippen LogP contribution in [-0.4, -0.2) is 62.7 Å². The van der Waals surface area contributed by atoms with Crippen LogP contribution in [0.1, 0.15) is 19.3 Å². The summed E-state index contributed by atoms with van der Waals surface area (Å²) in [6.07, 6.45) is 2.60. The van der Waals surface area contributed by atoms with Crippen LogP contribution >= 0.6 is 0 Å². The van der Waals surface area contributed by atoms with E-state index in [1.807, 2.05) is 4.90 Å². The monoisotopic (exact) mass is 269 g/mol. The zero-order valence-corrected chi connectivity index (χ0v) is 11.5. The number of hydrogen-bond acceptors (Lipinski definition) is 4. The van der Waals surface area contributed by atoms with Gasteiger partial charge in [0.1, 0.15) is 0 Å². The SMILES string of the molecule is COCCN(CC1CCCN1)C(=O)C1CNC(=O)C1. The number of ether oxygens (including phenoxy) is 1. The number of amides is 2. The van der Waals surface area contributed by atoms with Gasteiger partial charge in [0.15, 0.2) is 0 Å². The van der Waals surface area contributed by atoms with Crippen LogP contribution in [0.5, 0.6) is 0 Å². The van der Waals surface area contributed by atoms with E-state index in [4.69, 9.17) is 4.74 Å². The Hall–Kier alpha value is -1.14. The number of carbonyl (C=O) groups is 2. The molecule has 108 valence electrons. The molecule has 2 aliphatic heterocycles. The fourth-order valence-electron chi connectivity index (χ4n) is 2.71. The van der Waals surface area contributed by atoms with Gasteiger partial charge in [0.2, 0.25) is 11.8 Å². The predicted molar refractivity (Wildman–Crippen MR) is 70.6 cm³/mol. The molecule has 6 nitrogen and oxygen atoms in total. The third kappa shape index (κ3) is 3.91. The summed E-state index contributed by atoms with van der Waals surface area (Å²) in [4.78, 5) is 25.5. The van der Waals surface area contributed by atoms with E-state index in [0.717, 1.165) is 13.0 Å². The Bertz CT molecular complexity index is 329. The van der Waals surface area contributed by atoms with E-state index in [9.17, 15) is 9.59 Å². The molecule has 2 fully saturated rings. The van der Waals surface area contributed by atoms with E-state index in [2.05, 4.69) is 10.6 Å². The minimum atomic E-state index is -0.203. The summed E-state index contributed by atoms with van der Waals surface area (Å²) in [5.74, 6) is -0.154. The smallest absolute Gasteiger partial charge is 0.228 e. The number of hydrogen-bond donors (Lipinski definition) is 2. The lowest BCUT2D eigenvalue weighted by molar-refractivity contribution is -0.136. The standard InChI is InChI=1S/C13H23N3O3/c1-19-6-5-16(9-11-3-2-4-14-11)13(18)10-7-12(17)15-8-10/h10-11,14H,2-9H2,1H3,(H,15,17). The quantitative estimate of drug-likeness (QED) is 0.672. The maximum atomic E-state index is 12.4. The van der Waals surface area contributed by atoms with Gasteiger partial charge in [-0.1, -0.05) is 0 Å². The Morgan fingerprint density at radius 1 is 1.53 bits per heavy atom. The Labute approximate surface area is 113 Å². The zero-order valence-electron chi connectivity index (χ0n) is 11.5. The van der Waals surface area contributed by atoms with Crippen molar-refractivity contribution in [2.45, 2.75) is 25.3 Å². The van der Waals surface area contributed by atoms with Gasteiger partial charge in [-0.3, -0.25) is 9.59 Å². The first-order chi connectivity index (χ1) is 9.20. The topological polar surface area (TPSA) is 70.7 Å². The average molecular weight is 269 g/mol. The van der Waals surface area contributed by atoms with Gasteiger partial charge in [-0.05, 0) is 19.4 Å². The summed E-state index contributed by atoms with van der Waals surface area (Å²) in [5.41, 5.74) is 0. The van der Waals surface area contributed by atoms with Crippen molar-refractivity contribution < 1.29 is 14.3 Å². The van der Waals surface area contributed by atoms with Crippen molar-refractivity contribution in [3.63, 3.8) is 0 Å². The Balaban J connectivity index is 1.90. The Kier molecular flexibility index (Phi) is 5.15. The number of rotatable bonds is 6. The molecule has 6 heteroatoms. The fourth-order valence-corrected chi connectivity index (χ4v) is 2.71. The molecule has 2 amide bonds. The minimum Gasteiger partial charge on any atom is -0.383 e. The van der Waals surface area contributed by atoms with Crippen molar-refractivity contribution in [2.24, 2.45) is 5.92 Å². The second kappa shape index (κ2) is 6.86. The van der Waals surface area contributed by atoms with Crippen LogP contribution in [0.4, 0.5) is 0 Å². The van der Waals surface area contributed by atoms with Crippen molar-refractivity contribution in [3.8, 4) is 0 Å². The number of methoxy groups -OCH3 is 1. The van der Waals surface area contributed by atoms with Gasteiger partial charge in [-0.25, -0.2) is 0 Å². The molecule has 19 heavy (non-hydrogen) atoms. The molecular formula is C13H23N3O3.